The molecule has 1 atom stereocenters. The molecule has 4 rings (SSSR count). The number of nitrogens with zero attached hydrogens (tertiary/aromatic N) is 4. The number of carbonyl (C=O) groups excluding carboxylic acids is 1. The van der Waals surface area contributed by atoms with Gasteiger partial charge in [-0.25, -0.2) is 14.8 Å². The summed E-state index contributed by atoms with van der Waals surface area (Å²) < 4.78 is 4.96. The summed E-state index contributed by atoms with van der Waals surface area (Å²) in [6, 6.07) is 10.4. The highest BCUT2D eigenvalue weighted by Crippen LogP contribution is 2.41. The molecule has 1 aliphatic carbocycles. The lowest BCUT2D eigenvalue weighted by molar-refractivity contribution is 0.0525. The van der Waals surface area contributed by atoms with Crippen LogP contribution in [-0.2, 0) is 10.3 Å². The lowest BCUT2D eigenvalue weighted by Gasteiger charge is -2.50. The molecule has 144 valence electrons. The summed E-state index contributed by atoms with van der Waals surface area (Å²) in [5.41, 5.74) is 1.33. The molecular weight excluding hydrogens is 354 g/mol. The fourth-order valence-electron chi connectivity index (χ4n) is 3.75. The monoisotopic (exact) mass is 377 g/mol. The first-order valence-corrected chi connectivity index (χ1v) is 9.46. The Morgan fingerprint density at radius 1 is 1.21 bits per heavy atom. The average Bonchev–Trinajstić information content (AvgIpc) is 2.69. The van der Waals surface area contributed by atoms with Crippen molar-refractivity contribution in [2.75, 3.05) is 31.1 Å². The van der Waals surface area contributed by atoms with Crippen LogP contribution in [0.1, 0.15) is 29.3 Å². The summed E-state index contributed by atoms with van der Waals surface area (Å²) in [7, 11) is 0. The van der Waals surface area contributed by atoms with Crippen LogP contribution in [-0.4, -0.2) is 52.9 Å². The molecule has 0 amide bonds. The predicted molar refractivity (Wildman–Crippen MR) is 107 cm³/mol. The number of esters is 1. The molecule has 28 heavy (non-hydrogen) atoms. The lowest BCUT2D eigenvalue weighted by Crippen LogP contribution is -2.59. The minimum Gasteiger partial charge on any atom is -0.462 e. The van der Waals surface area contributed by atoms with Gasteiger partial charge in [0, 0.05) is 25.5 Å². The average molecular weight is 377 g/mol. The number of nitrogens with one attached hydrogen (secondary N) is 1. The SMILES string of the molecule is CCOC(=O)c1cnc(N2CCN(C3(c4ccccc4)C=CC3)C(=N)C2)nc1. The van der Waals surface area contributed by atoms with Crippen LogP contribution in [0.25, 0.3) is 0 Å². The first kappa shape index (κ1) is 18.2. The molecule has 2 heterocycles. The Labute approximate surface area is 164 Å². The number of piperazine rings is 1. The van der Waals surface area contributed by atoms with Crippen LogP contribution in [0.5, 0.6) is 0 Å². The maximum absolute atomic E-state index is 11.7. The minimum absolute atomic E-state index is 0.223. The zero-order valence-corrected chi connectivity index (χ0v) is 15.8. The summed E-state index contributed by atoms with van der Waals surface area (Å²) in [5, 5.41) is 8.65. The van der Waals surface area contributed by atoms with Crippen molar-refractivity contribution in [3.63, 3.8) is 0 Å². The van der Waals surface area contributed by atoms with Crippen molar-refractivity contribution in [1.82, 2.24) is 14.9 Å². The first-order valence-electron chi connectivity index (χ1n) is 9.46. The summed E-state index contributed by atoms with van der Waals surface area (Å²) >= 11 is 0. The second-order valence-corrected chi connectivity index (χ2v) is 6.91. The number of hydrogen-bond acceptors (Lipinski definition) is 6. The van der Waals surface area contributed by atoms with E-state index in [1.165, 1.54) is 18.0 Å². The predicted octanol–water partition coefficient (Wildman–Crippen LogP) is 2.61. The number of anilines is 1. The van der Waals surface area contributed by atoms with Gasteiger partial charge in [-0.05, 0) is 18.9 Å². The molecule has 1 fully saturated rings. The number of amidine groups is 1. The highest BCUT2D eigenvalue weighted by Gasteiger charge is 2.42. The second kappa shape index (κ2) is 7.42. The molecule has 2 aromatic rings. The number of carbonyl (C=O) groups is 1. The number of hydrogen-bond donors (Lipinski definition) is 1. The Hall–Kier alpha value is -3.22. The van der Waals surface area contributed by atoms with Gasteiger partial charge >= 0.3 is 5.97 Å². The van der Waals surface area contributed by atoms with Gasteiger partial charge in [0.05, 0.1) is 24.3 Å². The maximum atomic E-state index is 11.7. The molecular formula is C21H23N5O2. The molecule has 0 radical (unpaired) electrons. The molecule has 1 saturated heterocycles. The van der Waals surface area contributed by atoms with Crippen LogP contribution < -0.4 is 4.90 Å². The van der Waals surface area contributed by atoms with Crippen molar-refractivity contribution in [2.24, 2.45) is 0 Å². The van der Waals surface area contributed by atoms with E-state index >= 15 is 0 Å². The molecule has 1 aliphatic heterocycles. The van der Waals surface area contributed by atoms with Crippen molar-refractivity contribution in [1.29, 1.82) is 5.41 Å². The summed E-state index contributed by atoms with van der Waals surface area (Å²) in [4.78, 5) is 24.5. The third-order valence-corrected chi connectivity index (χ3v) is 5.27. The highest BCUT2D eigenvalue weighted by atomic mass is 16.5. The van der Waals surface area contributed by atoms with Gasteiger partial charge in [-0.2, -0.15) is 0 Å². The van der Waals surface area contributed by atoms with Gasteiger partial charge in [-0.1, -0.05) is 42.5 Å². The Kier molecular flexibility index (Phi) is 4.81. The van der Waals surface area contributed by atoms with Crippen molar-refractivity contribution in [3.05, 3.63) is 66.0 Å². The quantitative estimate of drug-likeness (QED) is 0.637. The highest BCUT2D eigenvalue weighted by molar-refractivity contribution is 5.89. The van der Waals surface area contributed by atoms with Crippen molar-refractivity contribution < 1.29 is 9.53 Å². The topological polar surface area (TPSA) is 82.4 Å². The number of aromatic nitrogens is 2. The molecule has 0 saturated carbocycles. The van der Waals surface area contributed by atoms with Gasteiger partial charge in [0.15, 0.2) is 0 Å². The van der Waals surface area contributed by atoms with Gasteiger partial charge in [-0.15, -0.1) is 0 Å². The zero-order chi connectivity index (χ0) is 19.6. The van der Waals surface area contributed by atoms with Gasteiger partial charge in [-0.3, -0.25) is 5.41 Å². The number of benzene rings is 1. The number of rotatable bonds is 5. The Morgan fingerprint density at radius 2 is 1.93 bits per heavy atom. The van der Waals surface area contributed by atoms with E-state index in [1.807, 2.05) is 23.1 Å². The van der Waals surface area contributed by atoms with Gasteiger partial charge < -0.3 is 14.5 Å². The third kappa shape index (κ3) is 3.13. The van der Waals surface area contributed by atoms with Crippen LogP contribution >= 0.6 is 0 Å². The van der Waals surface area contributed by atoms with E-state index in [1.54, 1.807) is 6.92 Å². The zero-order valence-electron chi connectivity index (χ0n) is 15.8. The number of ether oxygens (including phenoxy) is 1. The first-order chi connectivity index (χ1) is 13.6. The Morgan fingerprint density at radius 3 is 2.50 bits per heavy atom. The van der Waals surface area contributed by atoms with Crippen molar-refractivity contribution >= 4 is 17.8 Å². The molecule has 0 bridgehead atoms. The molecule has 1 unspecified atom stereocenters. The van der Waals surface area contributed by atoms with Gasteiger partial charge in [0.25, 0.3) is 0 Å². The molecule has 2 aliphatic rings. The summed E-state index contributed by atoms with van der Waals surface area (Å²) in [6.07, 6.45) is 8.22. The Balaban J connectivity index is 1.48. The normalized spacial score (nSPS) is 21.4. The molecule has 1 N–H and O–H groups in total. The summed E-state index contributed by atoms with van der Waals surface area (Å²) in [6.45, 7) is 3.93. The van der Waals surface area contributed by atoms with E-state index in [0.717, 1.165) is 6.42 Å². The fraction of sp³-hybridized carbons (Fsp3) is 0.333. The lowest BCUT2D eigenvalue weighted by atomic mass is 9.77. The largest absolute Gasteiger partial charge is 0.462 e. The molecule has 0 spiro atoms. The molecule has 1 aromatic heterocycles. The van der Waals surface area contributed by atoms with E-state index in [-0.39, 0.29) is 5.54 Å². The third-order valence-electron chi connectivity index (χ3n) is 5.27. The second-order valence-electron chi connectivity index (χ2n) is 6.91. The van der Waals surface area contributed by atoms with Crippen LogP contribution in [0, 0.1) is 5.41 Å². The smallest absolute Gasteiger partial charge is 0.341 e. The standard InChI is InChI=1S/C21H23N5O2/c1-2-28-19(27)16-13-23-20(24-14-16)25-11-12-26(18(22)15-25)21(9-6-10-21)17-7-4-3-5-8-17/h3-9,13-14,22H,2,10-12,15H2,1H3. The van der Waals surface area contributed by atoms with E-state index in [0.29, 0.717) is 43.6 Å². The van der Waals surface area contributed by atoms with E-state index in [9.17, 15) is 4.79 Å². The van der Waals surface area contributed by atoms with Crippen molar-refractivity contribution in [2.45, 2.75) is 18.9 Å². The Bertz CT molecular complexity index is 897. The van der Waals surface area contributed by atoms with Crippen LogP contribution in [0.3, 0.4) is 0 Å². The van der Waals surface area contributed by atoms with Crippen LogP contribution in [0.15, 0.2) is 54.9 Å². The van der Waals surface area contributed by atoms with Crippen LogP contribution in [0.4, 0.5) is 5.95 Å². The minimum atomic E-state index is -0.423. The van der Waals surface area contributed by atoms with Gasteiger partial charge in [0.1, 0.15) is 5.84 Å². The molecule has 1 aromatic carbocycles. The van der Waals surface area contributed by atoms with E-state index < -0.39 is 5.97 Å². The van der Waals surface area contributed by atoms with E-state index in [2.05, 4.69) is 39.2 Å². The van der Waals surface area contributed by atoms with Crippen LogP contribution in [0.2, 0.25) is 0 Å². The fourth-order valence-corrected chi connectivity index (χ4v) is 3.75. The molecule has 7 heteroatoms. The molecule has 7 nitrogen and oxygen atoms in total. The van der Waals surface area contributed by atoms with E-state index in [4.69, 9.17) is 10.1 Å². The maximum Gasteiger partial charge on any atom is 0.341 e. The van der Waals surface area contributed by atoms with Crippen molar-refractivity contribution in [3.8, 4) is 0 Å². The van der Waals surface area contributed by atoms with Gasteiger partial charge in [0.2, 0.25) is 5.95 Å². The summed E-state index contributed by atoms with van der Waals surface area (Å²) in [5.74, 6) is 0.640.